The standard InChI is InChI=1S/C17H21NO4/c1-11-3-5-13(6-4-11)15(19)9-10-16(20)22-12(2)17(21)18-14-7-8-14/h3-6,12,14H,7-10H2,1-2H3,(H,18,21)/t12-/m0/s1. The van der Waals surface area contributed by atoms with Gasteiger partial charge in [-0.15, -0.1) is 0 Å². The van der Waals surface area contributed by atoms with Crippen molar-refractivity contribution in [1.29, 1.82) is 0 Å². The Kier molecular flexibility index (Phi) is 5.31. The zero-order valence-electron chi connectivity index (χ0n) is 12.9. The molecule has 2 rings (SSSR count). The van der Waals surface area contributed by atoms with E-state index in [2.05, 4.69) is 5.32 Å². The number of nitrogens with one attached hydrogen (secondary N) is 1. The zero-order chi connectivity index (χ0) is 16.1. The number of esters is 1. The first kappa shape index (κ1) is 16.2. The first-order valence-corrected chi connectivity index (χ1v) is 7.55. The molecule has 0 saturated heterocycles. The molecule has 0 radical (unpaired) electrons. The van der Waals surface area contributed by atoms with Gasteiger partial charge in [0.15, 0.2) is 11.9 Å². The molecular formula is C17H21NO4. The summed E-state index contributed by atoms with van der Waals surface area (Å²) in [6.45, 7) is 3.48. The van der Waals surface area contributed by atoms with Gasteiger partial charge in [-0.3, -0.25) is 14.4 Å². The first-order chi connectivity index (χ1) is 10.5. The van der Waals surface area contributed by atoms with Gasteiger partial charge < -0.3 is 10.1 Å². The summed E-state index contributed by atoms with van der Waals surface area (Å²) in [6, 6.07) is 7.44. The number of rotatable bonds is 7. The van der Waals surface area contributed by atoms with Crippen molar-refractivity contribution in [2.75, 3.05) is 0 Å². The maximum Gasteiger partial charge on any atom is 0.307 e. The molecule has 0 aromatic heterocycles. The maximum atomic E-state index is 11.9. The van der Waals surface area contributed by atoms with E-state index < -0.39 is 12.1 Å². The Labute approximate surface area is 130 Å². The summed E-state index contributed by atoms with van der Waals surface area (Å²) in [7, 11) is 0. The fourth-order valence-corrected chi connectivity index (χ4v) is 1.96. The highest BCUT2D eigenvalue weighted by Crippen LogP contribution is 2.18. The molecule has 1 atom stereocenters. The van der Waals surface area contributed by atoms with Crippen LogP contribution in [0.5, 0.6) is 0 Å². The number of amides is 1. The van der Waals surface area contributed by atoms with E-state index in [9.17, 15) is 14.4 Å². The Balaban J connectivity index is 1.73. The molecule has 1 N–H and O–H groups in total. The lowest BCUT2D eigenvalue weighted by Crippen LogP contribution is -2.37. The van der Waals surface area contributed by atoms with E-state index in [0.29, 0.717) is 5.56 Å². The molecule has 1 aliphatic rings. The topological polar surface area (TPSA) is 72.5 Å². The Bertz CT molecular complexity index is 561. The van der Waals surface area contributed by atoms with E-state index in [1.807, 2.05) is 19.1 Å². The average molecular weight is 303 g/mol. The highest BCUT2D eigenvalue weighted by atomic mass is 16.5. The van der Waals surface area contributed by atoms with Crippen molar-refractivity contribution in [3.05, 3.63) is 35.4 Å². The Hall–Kier alpha value is -2.17. The van der Waals surface area contributed by atoms with E-state index >= 15 is 0 Å². The Morgan fingerprint density at radius 2 is 1.82 bits per heavy atom. The summed E-state index contributed by atoms with van der Waals surface area (Å²) >= 11 is 0. The lowest BCUT2D eigenvalue weighted by molar-refractivity contribution is -0.154. The molecule has 1 saturated carbocycles. The van der Waals surface area contributed by atoms with Crippen molar-refractivity contribution in [1.82, 2.24) is 5.32 Å². The molecule has 1 fully saturated rings. The molecule has 118 valence electrons. The molecule has 22 heavy (non-hydrogen) atoms. The minimum atomic E-state index is -0.817. The van der Waals surface area contributed by atoms with Gasteiger partial charge in [-0.2, -0.15) is 0 Å². The van der Waals surface area contributed by atoms with Crippen LogP contribution in [0.2, 0.25) is 0 Å². The fraction of sp³-hybridized carbons (Fsp3) is 0.471. The van der Waals surface area contributed by atoms with Crippen LogP contribution in [0.4, 0.5) is 0 Å². The number of ketones is 1. The normalized spacial score (nSPS) is 15.0. The van der Waals surface area contributed by atoms with Crippen LogP contribution in [0.1, 0.15) is 48.5 Å². The molecule has 0 aliphatic heterocycles. The van der Waals surface area contributed by atoms with Gasteiger partial charge in [-0.1, -0.05) is 29.8 Å². The predicted octanol–water partition coefficient (Wildman–Crippen LogP) is 2.17. The third kappa shape index (κ3) is 4.98. The average Bonchev–Trinajstić information content (AvgIpc) is 3.29. The second-order valence-corrected chi connectivity index (χ2v) is 5.70. The summed E-state index contributed by atoms with van der Waals surface area (Å²) in [5.41, 5.74) is 1.66. The summed E-state index contributed by atoms with van der Waals surface area (Å²) in [5, 5.41) is 2.77. The highest BCUT2D eigenvalue weighted by Gasteiger charge is 2.27. The number of hydrogen-bond acceptors (Lipinski definition) is 4. The van der Waals surface area contributed by atoms with Crippen molar-refractivity contribution in [3.8, 4) is 0 Å². The summed E-state index contributed by atoms with van der Waals surface area (Å²) in [5.74, 6) is -0.911. The van der Waals surface area contributed by atoms with Crippen LogP contribution in [-0.4, -0.2) is 29.8 Å². The SMILES string of the molecule is Cc1ccc(C(=O)CCC(=O)O[C@@H](C)C(=O)NC2CC2)cc1. The van der Waals surface area contributed by atoms with Gasteiger partial charge >= 0.3 is 5.97 Å². The molecular weight excluding hydrogens is 282 g/mol. The van der Waals surface area contributed by atoms with Gasteiger partial charge in [0, 0.05) is 18.0 Å². The van der Waals surface area contributed by atoms with Crippen LogP contribution < -0.4 is 5.32 Å². The van der Waals surface area contributed by atoms with E-state index in [1.54, 1.807) is 12.1 Å². The number of Topliss-reactive ketones (excluding diaryl/α,β-unsaturated/α-hetero) is 1. The van der Waals surface area contributed by atoms with Crippen LogP contribution in [0.3, 0.4) is 0 Å². The van der Waals surface area contributed by atoms with E-state index in [-0.39, 0.29) is 30.6 Å². The van der Waals surface area contributed by atoms with Gasteiger partial charge in [0.2, 0.25) is 0 Å². The molecule has 1 aromatic carbocycles. The first-order valence-electron chi connectivity index (χ1n) is 7.55. The third-order valence-corrected chi connectivity index (χ3v) is 3.53. The Morgan fingerprint density at radius 3 is 2.41 bits per heavy atom. The van der Waals surface area contributed by atoms with Gasteiger partial charge in [0.1, 0.15) is 0 Å². The van der Waals surface area contributed by atoms with E-state index in [1.165, 1.54) is 6.92 Å². The largest absolute Gasteiger partial charge is 0.453 e. The Morgan fingerprint density at radius 1 is 1.18 bits per heavy atom. The highest BCUT2D eigenvalue weighted by molar-refractivity contribution is 5.97. The van der Waals surface area contributed by atoms with Crippen molar-refractivity contribution < 1.29 is 19.1 Å². The minimum absolute atomic E-state index is 0.0201. The minimum Gasteiger partial charge on any atom is -0.453 e. The molecule has 5 heteroatoms. The fourth-order valence-electron chi connectivity index (χ4n) is 1.96. The molecule has 0 spiro atoms. The summed E-state index contributed by atoms with van der Waals surface area (Å²) in [6.07, 6.45) is 1.21. The van der Waals surface area contributed by atoms with Gasteiger partial charge in [-0.05, 0) is 26.7 Å². The van der Waals surface area contributed by atoms with Crippen LogP contribution in [0, 0.1) is 6.92 Å². The molecule has 0 bridgehead atoms. The van der Waals surface area contributed by atoms with Crippen molar-refractivity contribution in [3.63, 3.8) is 0 Å². The van der Waals surface area contributed by atoms with Gasteiger partial charge in [0.05, 0.1) is 6.42 Å². The molecule has 1 amide bonds. The predicted molar refractivity (Wildman–Crippen MR) is 81.5 cm³/mol. The van der Waals surface area contributed by atoms with E-state index in [4.69, 9.17) is 4.74 Å². The number of aryl methyl sites for hydroxylation is 1. The van der Waals surface area contributed by atoms with Crippen molar-refractivity contribution >= 4 is 17.7 Å². The second-order valence-electron chi connectivity index (χ2n) is 5.70. The number of carbonyl (C=O) groups is 3. The molecule has 1 aliphatic carbocycles. The van der Waals surface area contributed by atoms with Crippen molar-refractivity contribution in [2.45, 2.75) is 51.7 Å². The van der Waals surface area contributed by atoms with Gasteiger partial charge in [-0.25, -0.2) is 0 Å². The van der Waals surface area contributed by atoms with E-state index in [0.717, 1.165) is 18.4 Å². The lowest BCUT2D eigenvalue weighted by atomic mass is 10.1. The quantitative estimate of drug-likeness (QED) is 0.619. The zero-order valence-corrected chi connectivity index (χ0v) is 12.9. The summed E-state index contributed by atoms with van der Waals surface area (Å²) < 4.78 is 5.04. The second kappa shape index (κ2) is 7.20. The maximum absolute atomic E-state index is 11.9. The number of carbonyl (C=O) groups excluding carboxylic acids is 3. The van der Waals surface area contributed by atoms with Gasteiger partial charge in [0.25, 0.3) is 5.91 Å². The van der Waals surface area contributed by atoms with Crippen LogP contribution in [0.25, 0.3) is 0 Å². The van der Waals surface area contributed by atoms with Crippen LogP contribution in [0.15, 0.2) is 24.3 Å². The number of ether oxygens (including phenoxy) is 1. The monoisotopic (exact) mass is 303 g/mol. The molecule has 1 aromatic rings. The van der Waals surface area contributed by atoms with Crippen molar-refractivity contribution in [2.24, 2.45) is 0 Å². The number of benzene rings is 1. The molecule has 0 heterocycles. The number of hydrogen-bond donors (Lipinski definition) is 1. The lowest BCUT2D eigenvalue weighted by Gasteiger charge is -2.12. The van der Waals surface area contributed by atoms with Crippen LogP contribution >= 0.6 is 0 Å². The van der Waals surface area contributed by atoms with Crippen LogP contribution in [-0.2, 0) is 14.3 Å². The molecule has 5 nitrogen and oxygen atoms in total. The third-order valence-electron chi connectivity index (χ3n) is 3.53. The summed E-state index contributed by atoms with van der Waals surface area (Å²) in [4.78, 5) is 35.3. The molecule has 0 unspecified atom stereocenters. The smallest absolute Gasteiger partial charge is 0.307 e.